The van der Waals surface area contributed by atoms with Crippen LogP contribution >= 0.6 is 11.6 Å². The zero-order valence-corrected chi connectivity index (χ0v) is 10.1. The number of benzene rings is 1. The Hall–Kier alpha value is -0.760. The van der Waals surface area contributed by atoms with E-state index < -0.39 is 0 Å². The smallest absolute Gasteiger partial charge is 0.125 e. The van der Waals surface area contributed by atoms with Crippen LogP contribution in [-0.2, 0) is 0 Å². The highest BCUT2D eigenvalue weighted by Crippen LogP contribution is 2.25. The van der Waals surface area contributed by atoms with Gasteiger partial charge in [-0.2, -0.15) is 0 Å². The van der Waals surface area contributed by atoms with E-state index in [9.17, 15) is 4.39 Å². The van der Waals surface area contributed by atoms with E-state index in [1.165, 1.54) is 12.1 Å². The minimum atomic E-state index is -0.263. The topological polar surface area (TPSA) is 12.0 Å². The SMILES string of the molecule is CCC(Nc1cc(F)ccc1Cl)C(C)C. The quantitative estimate of drug-likeness (QED) is 0.811. The van der Waals surface area contributed by atoms with Crippen LogP contribution < -0.4 is 5.32 Å². The van der Waals surface area contributed by atoms with Crippen LogP contribution in [0, 0.1) is 11.7 Å². The highest BCUT2D eigenvalue weighted by Gasteiger charge is 2.12. The van der Waals surface area contributed by atoms with Crippen molar-refractivity contribution in [2.45, 2.75) is 33.2 Å². The van der Waals surface area contributed by atoms with Crippen LogP contribution in [0.2, 0.25) is 5.02 Å². The van der Waals surface area contributed by atoms with Gasteiger partial charge in [0.25, 0.3) is 0 Å². The fraction of sp³-hybridized carbons (Fsp3) is 0.500. The van der Waals surface area contributed by atoms with Crippen molar-refractivity contribution in [3.63, 3.8) is 0 Å². The number of nitrogens with one attached hydrogen (secondary N) is 1. The van der Waals surface area contributed by atoms with Gasteiger partial charge in [0.1, 0.15) is 5.82 Å². The molecule has 0 amide bonds. The molecule has 84 valence electrons. The molecular formula is C12H17ClFN. The average molecular weight is 230 g/mol. The Balaban J connectivity index is 2.82. The number of anilines is 1. The molecule has 1 N–H and O–H groups in total. The van der Waals surface area contributed by atoms with Crippen LogP contribution in [-0.4, -0.2) is 6.04 Å². The Morgan fingerprint density at radius 3 is 2.60 bits per heavy atom. The molecule has 0 saturated carbocycles. The largest absolute Gasteiger partial charge is 0.381 e. The molecular weight excluding hydrogens is 213 g/mol. The molecule has 1 nitrogen and oxygen atoms in total. The third-order valence-electron chi connectivity index (χ3n) is 2.51. The number of hydrogen-bond donors (Lipinski definition) is 1. The molecule has 0 heterocycles. The second-order valence-corrected chi connectivity index (χ2v) is 4.43. The normalized spacial score (nSPS) is 12.9. The first kappa shape index (κ1) is 12.3. The first-order chi connectivity index (χ1) is 7.04. The molecule has 0 aliphatic rings. The number of hydrogen-bond acceptors (Lipinski definition) is 1. The van der Waals surface area contributed by atoms with Crippen molar-refractivity contribution >= 4 is 17.3 Å². The molecule has 0 bridgehead atoms. The van der Waals surface area contributed by atoms with E-state index in [1.807, 2.05) is 0 Å². The van der Waals surface area contributed by atoms with Crippen LogP contribution in [0.25, 0.3) is 0 Å². The van der Waals surface area contributed by atoms with Crippen LogP contribution in [0.4, 0.5) is 10.1 Å². The standard InChI is InChI=1S/C12H17ClFN/c1-4-11(8(2)3)15-12-7-9(14)5-6-10(12)13/h5-8,11,15H,4H2,1-3H3. The molecule has 0 aliphatic heterocycles. The van der Waals surface area contributed by atoms with Gasteiger partial charge < -0.3 is 5.32 Å². The number of halogens is 2. The van der Waals surface area contributed by atoms with Crippen molar-refractivity contribution in [3.05, 3.63) is 29.0 Å². The van der Waals surface area contributed by atoms with Gasteiger partial charge in [0.05, 0.1) is 10.7 Å². The minimum Gasteiger partial charge on any atom is -0.381 e. The molecule has 0 aromatic heterocycles. The summed E-state index contributed by atoms with van der Waals surface area (Å²) in [5, 5.41) is 3.83. The van der Waals surface area contributed by atoms with Gasteiger partial charge in [-0.05, 0) is 30.5 Å². The zero-order chi connectivity index (χ0) is 11.4. The first-order valence-electron chi connectivity index (χ1n) is 5.26. The van der Waals surface area contributed by atoms with Gasteiger partial charge in [0, 0.05) is 6.04 Å². The molecule has 0 radical (unpaired) electrons. The maximum Gasteiger partial charge on any atom is 0.125 e. The summed E-state index contributed by atoms with van der Waals surface area (Å²) in [5.74, 6) is 0.231. The lowest BCUT2D eigenvalue weighted by molar-refractivity contribution is 0.511. The Bertz CT molecular complexity index is 325. The summed E-state index contributed by atoms with van der Waals surface area (Å²) in [6.07, 6.45) is 0.991. The van der Waals surface area contributed by atoms with Crippen LogP contribution in [0.15, 0.2) is 18.2 Å². The Kier molecular flexibility index (Phi) is 4.40. The first-order valence-corrected chi connectivity index (χ1v) is 5.64. The number of rotatable bonds is 4. The van der Waals surface area contributed by atoms with Crippen molar-refractivity contribution in [1.82, 2.24) is 0 Å². The fourth-order valence-corrected chi connectivity index (χ4v) is 1.72. The lowest BCUT2D eigenvalue weighted by Crippen LogP contribution is -2.24. The molecule has 0 fully saturated rings. The summed E-state index contributed by atoms with van der Waals surface area (Å²) < 4.78 is 13.0. The van der Waals surface area contributed by atoms with E-state index in [2.05, 4.69) is 26.1 Å². The summed E-state index contributed by atoms with van der Waals surface area (Å²) in [7, 11) is 0. The van der Waals surface area contributed by atoms with Gasteiger partial charge in [-0.3, -0.25) is 0 Å². The summed E-state index contributed by atoms with van der Waals surface area (Å²) in [6.45, 7) is 6.37. The van der Waals surface area contributed by atoms with Gasteiger partial charge in [0.15, 0.2) is 0 Å². The molecule has 0 saturated heterocycles. The van der Waals surface area contributed by atoms with E-state index in [0.29, 0.717) is 22.7 Å². The summed E-state index contributed by atoms with van der Waals surface area (Å²) >= 11 is 5.97. The molecule has 0 spiro atoms. The Morgan fingerprint density at radius 2 is 2.07 bits per heavy atom. The van der Waals surface area contributed by atoms with Crippen molar-refractivity contribution in [2.24, 2.45) is 5.92 Å². The van der Waals surface area contributed by atoms with E-state index >= 15 is 0 Å². The van der Waals surface area contributed by atoms with Gasteiger partial charge in [-0.25, -0.2) is 4.39 Å². The second kappa shape index (κ2) is 5.36. The summed E-state index contributed by atoms with van der Waals surface area (Å²) in [4.78, 5) is 0. The predicted octanol–water partition coefficient (Wildman–Crippen LogP) is 4.33. The summed E-state index contributed by atoms with van der Waals surface area (Å²) in [6, 6.07) is 4.70. The fourth-order valence-electron chi connectivity index (χ4n) is 1.55. The van der Waals surface area contributed by atoms with E-state index in [1.54, 1.807) is 6.07 Å². The Morgan fingerprint density at radius 1 is 1.40 bits per heavy atom. The highest BCUT2D eigenvalue weighted by molar-refractivity contribution is 6.33. The van der Waals surface area contributed by atoms with Gasteiger partial charge in [0.2, 0.25) is 0 Å². The maximum absolute atomic E-state index is 13.0. The molecule has 1 aromatic rings. The van der Waals surface area contributed by atoms with Gasteiger partial charge in [-0.1, -0.05) is 32.4 Å². The molecule has 1 atom stereocenters. The average Bonchev–Trinajstić information content (AvgIpc) is 2.18. The molecule has 1 rings (SSSR count). The lowest BCUT2D eigenvalue weighted by atomic mass is 10.0. The van der Waals surface area contributed by atoms with E-state index in [0.717, 1.165) is 6.42 Å². The van der Waals surface area contributed by atoms with Crippen LogP contribution in [0.5, 0.6) is 0 Å². The van der Waals surface area contributed by atoms with Crippen molar-refractivity contribution in [1.29, 1.82) is 0 Å². The Labute approximate surface area is 95.6 Å². The van der Waals surface area contributed by atoms with Crippen molar-refractivity contribution in [2.75, 3.05) is 5.32 Å². The molecule has 0 aliphatic carbocycles. The van der Waals surface area contributed by atoms with Crippen molar-refractivity contribution < 1.29 is 4.39 Å². The van der Waals surface area contributed by atoms with Gasteiger partial charge >= 0.3 is 0 Å². The van der Waals surface area contributed by atoms with Crippen molar-refractivity contribution in [3.8, 4) is 0 Å². The third kappa shape index (κ3) is 3.38. The van der Waals surface area contributed by atoms with E-state index in [4.69, 9.17) is 11.6 Å². The molecule has 1 aromatic carbocycles. The zero-order valence-electron chi connectivity index (χ0n) is 9.35. The predicted molar refractivity (Wildman–Crippen MR) is 63.9 cm³/mol. The molecule has 1 unspecified atom stereocenters. The monoisotopic (exact) mass is 229 g/mol. The molecule has 15 heavy (non-hydrogen) atoms. The second-order valence-electron chi connectivity index (χ2n) is 4.03. The van der Waals surface area contributed by atoms with Gasteiger partial charge in [-0.15, -0.1) is 0 Å². The highest BCUT2D eigenvalue weighted by atomic mass is 35.5. The lowest BCUT2D eigenvalue weighted by Gasteiger charge is -2.22. The maximum atomic E-state index is 13.0. The minimum absolute atomic E-state index is 0.263. The molecule has 3 heteroatoms. The van der Waals surface area contributed by atoms with Crippen LogP contribution in [0.3, 0.4) is 0 Å². The third-order valence-corrected chi connectivity index (χ3v) is 2.84. The van der Waals surface area contributed by atoms with Crippen LogP contribution in [0.1, 0.15) is 27.2 Å². The summed E-state index contributed by atoms with van der Waals surface area (Å²) in [5.41, 5.74) is 0.678. The van der Waals surface area contributed by atoms with E-state index in [-0.39, 0.29) is 5.82 Å².